The first-order chi connectivity index (χ1) is 11.3. The number of hydrogen-bond acceptors (Lipinski definition) is 5. The number of hydrogen-bond donors (Lipinski definition) is 0. The highest BCUT2D eigenvalue weighted by molar-refractivity contribution is 5.93. The van der Waals surface area contributed by atoms with Crippen molar-refractivity contribution in [3.63, 3.8) is 0 Å². The maximum absolute atomic E-state index is 13.4. The number of halogens is 3. The average molecular weight is 342 g/mol. The van der Waals surface area contributed by atoms with Crippen LogP contribution >= 0.6 is 0 Å². The monoisotopic (exact) mass is 342 g/mol. The van der Waals surface area contributed by atoms with E-state index in [-0.39, 0.29) is 12.3 Å². The maximum Gasteiger partial charge on any atom is 0.436 e. The molecule has 0 fully saturated rings. The second-order valence-corrected chi connectivity index (χ2v) is 4.53. The number of alkyl halides is 3. The van der Waals surface area contributed by atoms with Crippen molar-refractivity contribution in [1.82, 2.24) is 9.78 Å². The number of nitrogens with zero attached hydrogens (tertiary/aromatic N) is 2. The van der Waals surface area contributed by atoms with E-state index >= 15 is 0 Å². The average Bonchev–Trinajstić information content (AvgIpc) is 2.55. The van der Waals surface area contributed by atoms with Gasteiger partial charge in [0, 0.05) is 0 Å². The first-order valence-corrected chi connectivity index (χ1v) is 6.82. The summed E-state index contributed by atoms with van der Waals surface area (Å²) in [5.41, 5.74) is -3.48. The summed E-state index contributed by atoms with van der Waals surface area (Å²) in [6.45, 7) is 1.36. The summed E-state index contributed by atoms with van der Waals surface area (Å²) >= 11 is 0. The summed E-state index contributed by atoms with van der Waals surface area (Å²) in [5.74, 6) is -2.11. The Morgan fingerprint density at radius 2 is 1.88 bits per heavy atom. The van der Waals surface area contributed by atoms with Crippen LogP contribution in [0.1, 0.15) is 23.0 Å². The molecule has 0 amide bonds. The summed E-state index contributed by atoms with van der Waals surface area (Å²) in [5, 5.41) is 3.32. The standard InChI is InChI=1S/C15H13F3N2O4/c1-3-24-11-10(14(22)23-2)12(15(16,17)18)19-20(13(11)21)9-7-5-4-6-8-9/h4-8H,3H2,1-2H3. The fraction of sp³-hybridized carbons (Fsp3) is 0.267. The summed E-state index contributed by atoms with van der Waals surface area (Å²) in [7, 11) is 0.904. The lowest BCUT2D eigenvalue weighted by Gasteiger charge is -2.16. The molecule has 0 aliphatic carbocycles. The van der Waals surface area contributed by atoms with Crippen molar-refractivity contribution in [3.05, 3.63) is 51.9 Å². The van der Waals surface area contributed by atoms with Crippen molar-refractivity contribution in [3.8, 4) is 11.4 Å². The Morgan fingerprint density at radius 1 is 1.25 bits per heavy atom. The number of para-hydroxylation sites is 1. The molecule has 0 saturated carbocycles. The number of ether oxygens (including phenoxy) is 2. The van der Waals surface area contributed by atoms with Crippen LogP contribution in [0.3, 0.4) is 0 Å². The van der Waals surface area contributed by atoms with Gasteiger partial charge in [0.05, 0.1) is 19.4 Å². The van der Waals surface area contributed by atoms with E-state index in [1.165, 1.54) is 31.2 Å². The molecule has 2 aromatic rings. The molecular weight excluding hydrogens is 329 g/mol. The van der Waals surface area contributed by atoms with Crippen LogP contribution in [0.4, 0.5) is 13.2 Å². The molecule has 6 nitrogen and oxygen atoms in total. The molecule has 9 heteroatoms. The van der Waals surface area contributed by atoms with Crippen LogP contribution in [0.15, 0.2) is 35.1 Å². The zero-order chi connectivity index (χ0) is 17.9. The van der Waals surface area contributed by atoms with Crippen molar-refractivity contribution >= 4 is 5.97 Å². The molecule has 128 valence electrons. The zero-order valence-corrected chi connectivity index (χ0v) is 12.8. The smallest absolute Gasteiger partial charge is 0.436 e. The minimum Gasteiger partial charge on any atom is -0.487 e. The van der Waals surface area contributed by atoms with Crippen molar-refractivity contribution < 1.29 is 27.4 Å². The third-order valence-corrected chi connectivity index (χ3v) is 3.00. The van der Waals surface area contributed by atoms with Crippen LogP contribution in [-0.4, -0.2) is 29.5 Å². The van der Waals surface area contributed by atoms with Crippen molar-refractivity contribution in [2.45, 2.75) is 13.1 Å². The molecule has 0 aliphatic heterocycles. The molecule has 1 heterocycles. The van der Waals surface area contributed by atoms with E-state index in [1.807, 2.05) is 0 Å². The molecule has 0 unspecified atom stereocenters. The van der Waals surface area contributed by atoms with Gasteiger partial charge in [-0.2, -0.15) is 23.0 Å². The fourth-order valence-electron chi connectivity index (χ4n) is 2.02. The summed E-state index contributed by atoms with van der Waals surface area (Å²) in [4.78, 5) is 24.3. The van der Waals surface area contributed by atoms with Gasteiger partial charge >= 0.3 is 17.7 Å². The van der Waals surface area contributed by atoms with Gasteiger partial charge in [-0.15, -0.1) is 0 Å². The van der Waals surface area contributed by atoms with Gasteiger partial charge in [0.15, 0.2) is 5.69 Å². The number of carbonyl (C=O) groups is 1. The predicted octanol–water partition coefficient (Wildman–Crippen LogP) is 2.44. The minimum absolute atomic E-state index is 0.102. The Balaban J connectivity index is 2.89. The topological polar surface area (TPSA) is 70.4 Å². The van der Waals surface area contributed by atoms with Crippen LogP contribution in [0.25, 0.3) is 5.69 Å². The zero-order valence-electron chi connectivity index (χ0n) is 12.8. The number of aromatic nitrogens is 2. The van der Waals surface area contributed by atoms with E-state index in [0.717, 1.165) is 7.11 Å². The summed E-state index contributed by atoms with van der Waals surface area (Å²) in [6.07, 6.45) is -4.99. The van der Waals surface area contributed by atoms with Gasteiger partial charge < -0.3 is 9.47 Å². The van der Waals surface area contributed by atoms with E-state index in [4.69, 9.17) is 4.74 Å². The largest absolute Gasteiger partial charge is 0.487 e. The molecule has 1 aromatic heterocycles. The van der Waals surface area contributed by atoms with Crippen LogP contribution in [-0.2, 0) is 10.9 Å². The molecule has 24 heavy (non-hydrogen) atoms. The summed E-state index contributed by atoms with van der Waals surface area (Å²) in [6, 6.07) is 7.51. The van der Waals surface area contributed by atoms with Crippen molar-refractivity contribution in [2.24, 2.45) is 0 Å². The fourth-order valence-corrected chi connectivity index (χ4v) is 2.02. The maximum atomic E-state index is 13.4. The second-order valence-electron chi connectivity index (χ2n) is 4.53. The Kier molecular flexibility index (Phi) is 4.91. The highest BCUT2D eigenvalue weighted by Gasteiger charge is 2.42. The molecule has 0 atom stereocenters. The van der Waals surface area contributed by atoms with Gasteiger partial charge in [-0.3, -0.25) is 4.79 Å². The van der Waals surface area contributed by atoms with Crippen molar-refractivity contribution in [2.75, 3.05) is 13.7 Å². The van der Waals surface area contributed by atoms with E-state index in [2.05, 4.69) is 9.84 Å². The van der Waals surface area contributed by atoms with Gasteiger partial charge in [0.25, 0.3) is 0 Å². The van der Waals surface area contributed by atoms with Gasteiger partial charge in [-0.25, -0.2) is 4.79 Å². The van der Waals surface area contributed by atoms with Gasteiger partial charge in [-0.05, 0) is 19.1 Å². The van der Waals surface area contributed by atoms with Crippen LogP contribution < -0.4 is 10.3 Å². The highest BCUT2D eigenvalue weighted by atomic mass is 19.4. The quantitative estimate of drug-likeness (QED) is 0.798. The number of carbonyl (C=O) groups excluding carboxylic acids is 1. The van der Waals surface area contributed by atoms with Crippen LogP contribution in [0.5, 0.6) is 5.75 Å². The van der Waals surface area contributed by atoms with Crippen molar-refractivity contribution in [1.29, 1.82) is 0 Å². The third-order valence-electron chi connectivity index (χ3n) is 3.00. The van der Waals surface area contributed by atoms with E-state index in [0.29, 0.717) is 4.68 Å². The van der Waals surface area contributed by atoms with Gasteiger partial charge in [-0.1, -0.05) is 18.2 Å². The van der Waals surface area contributed by atoms with E-state index in [9.17, 15) is 22.8 Å². The highest BCUT2D eigenvalue weighted by Crippen LogP contribution is 2.33. The Bertz CT molecular complexity index is 801. The molecule has 0 saturated heterocycles. The molecule has 0 bridgehead atoms. The third kappa shape index (κ3) is 3.24. The summed E-state index contributed by atoms with van der Waals surface area (Å²) < 4.78 is 50.0. The van der Waals surface area contributed by atoms with Crippen LogP contribution in [0.2, 0.25) is 0 Å². The first kappa shape index (κ1) is 17.5. The molecule has 0 radical (unpaired) electrons. The lowest BCUT2D eigenvalue weighted by Crippen LogP contribution is -2.31. The molecular formula is C15H13F3N2O4. The molecule has 0 N–H and O–H groups in total. The number of benzene rings is 1. The lowest BCUT2D eigenvalue weighted by atomic mass is 10.1. The number of methoxy groups -OCH3 is 1. The Hall–Kier alpha value is -2.84. The molecule has 0 aliphatic rings. The number of rotatable bonds is 4. The molecule has 1 aromatic carbocycles. The normalized spacial score (nSPS) is 11.2. The molecule has 2 rings (SSSR count). The number of esters is 1. The second kappa shape index (κ2) is 6.73. The van der Waals surface area contributed by atoms with E-state index in [1.54, 1.807) is 6.07 Å². The Morgan fingerprint density at radius 3 is 2.38 bits per heavy atom. The van der Waals surface area contributed by atoms with Gasteiger partial charge in [0.2, 0.25) is 5.75 Å². The van der Waals surface area contributed by atoms with Crippen LogP contribution in [0, 0.1) is 0 Å². The molecule has 0 spiro atoms. The van der Waals surface area contributed by atoms with E-state index < -0.39 is 34.7 Å². The Labute approximate surface area is 134 Å². The first-order valence-electron chi connectivity index (χ1n) is 6.82. The minimum atomic E-state index is -4.99. The SMILES string of the molecule is CCOc1c(C(=O)OC)c(C(F)(F)F)nn(-c2ccccc2)c1=O. The predicted molar refractivity (Wildman–Crippen MR) is 77.3 cm³/mol. The van der Waals surface area contributed by atoms with Gasteiger partial charge in [0.1, 0.15) is 5.56 Å². The lowest BCUT2D eigenvalue weighted by molar-refractivity contribution is -0.142.